The SMILES string of the molecule is CC(C)(C)c1cc(NC(=O)c2csc(NCCc3ccccc3)n2)no1. The van der Waals surface area contributed by atoms with Crippen molar-refractivity contribution in [1.82, 2.24) is 10.1 Å². The zero-order valence-electron chi connectivity index (χ0n) is 15.1. The van der Waals surface area contributed by atoms with E-state index in [2.05, 4.69) is 32.9 Å². The Labute approximate surface area is 156 Å². The summed E-state index contributed by atoms with van der Waals surface area (Å²) in [5.74, 6) is 0.812. The molecule has 0 fully saturated rings. The summed E-state index contributed by atoms with van der Waals surface area (Å²) in [6.45, 7) is 6.82. The van der Waals surface area contributed by atoms with E-state index in [9.17, 15) is 4.79 Å². The van der Waals surface area contributed by atoms with Crippen LogP contribution in [-0.2, 0) is 11.8 Å². The first-order valence-corrected chi connectivity index (χ1v) is 9.31. The largest absolute Gasteiger partial charge is 0.361 e. The van der Waals surface area contributed by atoms with Gasteiger partial charge in [0.25, 0.3) is 5.91 Å². The Morgan fingerprint density at radius 3 is 2.69 bits per heavy atom. The van der Waals surface area contributed by atoms with Crippen LogP contribution in [0.3, 0.4) is 0 Å². The summed E-state index contributed by atoms with van der Waals surface area (Å²) in [5, 5.41) is 12.3. The van der Waals surface area contributed by atoms with Gasteiger partial charge in [0.1, 0.15) is 11.5 Å². The quantitative estimate of drug-likeness (QED) is 0.675. The summed E-state index contributed by atoms with van der Waals surface area (Å²) in [6, 6.07) is 12.0. The van der Waals surface area contributed by atoms with Crippen molar-refractivity contribution in [3.05, 3.63) is 58.8 Å². The lowest BCUT2D eigenvalue weighted by molar-refractivity contribution is 0.102. The monoisotopic (exact) mass is 370 g/mol. The molecule has 0 aliphatic rings. The van der Waals surface area contributed by atoms with Crippen molar-refractivity contribution in [2.75, 3.05) is 17.2 Å². The topological polar surface area (TPSA) is 80.0 Å². The lowest BCUT2D eigenvalue weighted by atomic mass is 9.93. The maximum atomic E-state index is 12.3. The van der Waals surface area contributed by atoms with Crippen LogP contribution < -0.4 is 10.6 Å². The van der Waals surface area contributed by atoms with Crippen LogP contribution in [0.4, 0.5) is 10.9 Å². The lowest BCUT2D eigenvalue weighted by Crippen LogP contribution is -2.13. The van der Waals surface area contributed by atoms with E-state index in [0.29, 0.717) is 17.3 Å². The average Bonchev–Trinajstić information content (AvgIpc) is 3.25. The van der Waals surface area contributed by atoms with Crippen molar-refractivity contribution in [2.45, 2.75) is 32.6 Å². The van der Waals surface area contributed by atoms with Gasteiger partial charge in [0.2, 0.25) is 0 Å². The molecule has 2 aromatic heterocycles. The van der Waals surface area contributed by atoms with Gasteiger partial charge in [0.15, 0.2) is 10.9 Å². The Hall–Kier alpha value is -2.67. The Morgan fingerprint density at radius 2 is 2.00 bits per heavy atom. The van der Waals surface area contributed by atoms with Crippen LogP contribution in [-0.4, -0.2) is 22.6 Å². The van der Waals surface area contributed by atoms with E-state index < -0.39 is 0 Å². The smallest absolute Gasteiger partial charge is 0.276 e. The molecule has 3 aromatic rings. The Bertz CT molecular complexity index is 865. The van der Waals surface area contributed by atoms with Crippen molar-refractivity contribution >= 4 is 28.2 Å². The summed E-state index contributed by atoms with van der Waals surface area (Å²) in [4.78, 5) is 16.6. The molecule has 1 amide bonds. The number of thiazole rings is 1. The molecule has 0 spiro atoms. The van der Waals surface area contributed by atoms with Crippen LogP contribution in [0.25, 0.3) is 0 Å². The summed E-state index contributed by atoms with van der Waals surface area (Å²) in [6.07, 6.45) is 0.899. The summed E-state index contributed by atoms with van der Waals surface area (Å²) < 4.78 is 5.27. The van der Waals surface area contributed by atoms with Crippen LogP contribution in [0.1, 0.15) is 42.6 Å². The Balaban J connectivity index is 1.53. The predicted octanol–water partition coefficient (Wildman–Crippen LogP) is 4.34. The molecule has 1 aromatic carbocycles. The van der Waals surface area contributed by atoms with E-state index in [1.807, 2.05) is 39.0 Å². The van der Waals surface area contributed by atoms with E-state index in [4.69, 9.17) is 4.52 Å². The number of nitrogens with zero attached hydrogens (tertiary/aromatic N) is 2. The first-order chi connectivity index (χ1) is 12.4. The number of rotatable bonds is 6. The highest BCUT2D eigenvalue weighted by atomic mass is 32.1. The third-order valence-electron chi connectivity index (χ3n) is 3.76. The first kappa shape index (κ1) is 18.1. The first-order valence-electron chi connectivity index (χ1n) is 8.44. The number of amides is 1. The molecule has 2 heterocycles. The van der Waals surface area contributed by atoms with E-state index in [1.165, 1.54) is 16.9 Å². The maximum absolute atomic E-state index is 12.3. The molecule has 0 bridgehead atoms. The molecule has 0 radical (unpaired) electrons. The third kappa shape index (κ3) is 4.70. The van der Waals surface area contributed by atoms with Crippen molar-refractivity contribution < 1.29 is 9.32 Å². The number of aromatic nitrogens is 2. The molecular weight excluding hydrogens is 348 g/mol. The second kappa shape index (κ2) is 7.70. The molecular formula is C19H22N4O2S. The molecule has 7 heteroatoms. The van der Waals surface area contributed by atoms with Gasteiger partial charge < -0.3 is 15.2 Å². The van der Waals surface area contributed by atoms with Crippen LogP contribution in [0.2, 0.25) is 0 Å². The van der Waals surface area contributed by atoms with Crippen molar-refractivity contribution in [3.63, 3.8) is 0 Å². The van der Waals surface area contributed by atoms with Crippen molar-refractivity contribution in [3.8, 4) is 0 Å². The van der Waals surface area contributed by atoms with Gasteiger partial charge in [-0.1, -0.05) is 56.3 Å². The molecule has 0 saturated carbocycles. The number of anilines is 2. The fourth-order valence-electron chi connectivity index (χ4n) is 2.29. The highest BCUT2D eigenvalue weighted by molar-refractivity contribution is 7.13. The van der Waals surface area contributed by atoms with Crippen molar-refractivity contribution in [1.29, 1.82) is 0 Å². The van der Waals surface area contributed by atoms with Crippen LogP contribution >= 0.6 is 11.3 Å². The van der Waals surface area contributed by atoms with Gasteiger partial charge in [-0.3, -0.25) is 4.79 Å². The molecule has 0 atom stereocenters. The molecule has 0 saturated heterocycles. The summed E-state index contributed by atoms with van der Waals surface area (Å²) in [5.41, 5.74) is 1.46. The average molecular weight is 370 g/mol. The molecule has 0 aliphatic carbocycles. The number of nitrogens with one attached hydrogen (secondary N) is 2. The Kier molecular flexibility index (Phi) is 5.37. The zero-order chi connectivity index (χ0) is 18.6. The molecule has 26 heavy (non-hydrogen) atoms. The summed E-state index contributed by atoms with van der Waals surface area (Å²) in [7, 11) is 0. The van der Waals surface area contributed by atoms with Gasteiger partial charge in [0.05, 0.1) is 0 Å². The molecule has 136 valence electrons. The number of carbonyl (C=O) groups excluding carboxylic acids is 1. The van der Waals surface area contributed by atoms with E-state index in [-0.39, 0.29) is 11.3 Å². The minimum absolute atomic E-state index is 0.160. The number of hydrogen-bond donors (Lipinski definition) is 2. The molecule has 6 nitrogen and oxygen atoms in total. The number of hydrogen-bond acceptors (Lipinski definition) is 6. The fourth-order valence-corrected chi connectivity index (χ4v) is 3.01. The zero-order valence-corrected chi connectivity index (χ0v) is 15.9. The van der Waals surface area contributed by atoms with E-state index in [1.54, 1.807) is 11.4 Å². The van der Waals surface area contributed by atoms with E-state index in [0.717, 1.165) is 18.1 Å². The third-order valence-corrected chi connectivity index (χ3v) is 4.56. The van der Waals surface area contributed by atoms with Crippen LogP contribution in [0, 0.1) is 0 Å². The van der Waals surface area contributed by atoms with Gasteiger partial charge in [0, 0.05) is 23.4 Å². The highest BCUT2D eigenvalue weighted by Gasteiger charge is 2.21. The second-order valence-electron chi connectivity index (χ2n) is 6.98. The van der Waals surface area contributed by atoms with Crippen molar-refractivity contribution in [2.24, 2.45) is 0 Å². The second-order valence-corrected chi connectivity index (χ2v) is 7.84. The van der Waals surface area contributed by atoms with Gasteiger partial charge >= 0.3 is 0 Å². The molecule has 0 unspecified atom stereocenters. The van der Waals surface area contributed by atoms with Gasteiger partial charge in [-0.2, -0.15) is 0 Å². The molecule has 0 aliphatic heterocycles. The van der Waals surface area contributed by atoms with Gasteiger partial charge in [-0.05, 0) is 12.0 Å². The fraction of sp³-hybridized carbons (Fsp3) is 0.316. The molecule has 3 rings (SSSR count). The van der Waals surface area contributed by atoms with Crippen LogP contribution in [0.5, 0.6) is 0 Å². The van der Waals surface area contributed by atoms with Crippen LogP contribution in [0.15, 0.2) is 46.3 Å². The minimum Gasteiger partial charge on any atom is -0.361 e. The predicted molar refractivity (Wildman–Crippen MR) is 104 cm³/mol. The van der Waals surface area contributed by atoms with E-state index >= 15 is 0 Å². The normalized spacial score (nSPS) is 11.3. The van der Waals surface area contributed by atoms with Gasteiger partial charge in [-0.15, -0.1) is 11.3 Å². The highest BCUT2D eigenvalue weighted by Crippen LogP contribution is 2.25. The summed E-state index contributed by atoms with van der Waals surface area (Å²) >= 11 is 1.41. The van der Waals surface area contributed by atoms with Gasteiger partial charge in [-0.25, -0.2) is 4.98 Å². The molecule has 2 N–H and O–H groups in total. The standard InChI is InChI=1S/C19H22N4O2S/c1-19(2,3)15-11-16(23-25-15)22-17(24)14-12-26-18(21-14)20-10-9-13-7-5-4-6-8-13/h4-8,11-12H,9-10H2,1-3H3,(H,20,21)(H,22,23,24). The number of carbonyl (C=O) groups is 1. The Morgan fingerprint density at radius 1 is 1.23 bits per heavy atom. The number of benzene rings is 1. The lowest BCUT2D eigenvalue weighted by Gasteiger charge is -2.11. The minimum atomic E-state index is -0.300. The maximum Gasteiger partial charge on any atom is 0.276 e.